The van der Waals surface area contributed by atoms with Crippen LogP contribution >= 0.6 is 34.7 Å². The third-order valence-electron chi connectivity index (χ3n) is 5.70. The van der Waals surface area contributed by atoms with Gasteiger partial charge in [-0.3, -0.25) is 4.79 Å². The van der Waals surface area contributed by atoms with Gasteiger partial charge in [-0.1, -0.05) is 48.3 Å². The van der Waals surface area contributed by atoms with Crippen LogP contribution in [0.1, 0.15) is 54.7 Å². The minimum absolute atomic E-state index is 0.164. The van der Waals surface area contributed by atoms with E-state index in [1.54, 1.807) is 12.1 Å². The molecule has 2 aromatic heterocycles. The molecule has 2 heterocycles. The van der Waals surface area contributed by atoms with Gasteiger partial charge in [0, 0.05) is 28.4 Å². The Hall–Kier alpha value is -2.36. The normalized spacial score (nSPS) is 13.9. The van der Waals surface area contributed by atoms with Crippen LogP contribution in [0, 0.1) is 0 Å². The first-order valence-corrected chi connectivity index (χ1v) is 13.1. The number of ether oxygens (including phenoxy) is 1. The number of esters is 1. The van der Waals surface area contributed by atoms with Crippen molar-refractivity contribution < 1.29 is 14.3 Å². The van der Waals surface area contributed by atoms with Crippen LogP contribution in [0.2, 0.25) is 5.02 Å². The summed E-state index contributed by atoms with van der Waals surface area (Å²) in [5, 5.41) is 15.3. The van der Waals surface area contributed by atoms with E-state index in [0.717, 1.165) is 35.9 Å². The fourth-order valence-electron chi connectivity index (χ4n) is 4.08. The zero-order valence-electron chi connectivity index (χ0n) is 18.5. The van der Waals surface area contributed by atoms with Gasteiger partial charge in [0.15, 0.2) is 5.16 Å². The van der Waals surface area contributed by atoms with Crippen LogP contribution in [0.15, 0.2) is 34.8 Å². The van der Waals surface area contributed by atoms with E-state index in [0.29, 0.717) is 27.1 Å². The number of benzene rings is 1. The maximum absolute atomic E-state index is 12.7. The highest BCUT2D eigenvalue weighted by Gasteiger charge is 2.25. The number of halogens is 1. The van der Waals surface area contributed by atoms with Crippen molar-refractivity contribution in [3.63, 3.8) is 0 Å². The van der Waals surface area contributed by atoms with Gasteiger partial charge >= 0.3 is 5.97 Å². The Labute approximate surface area is 205 Å². The summed E-state index contributed by atoms with van der Waals surface area (Å²) >= 11 is 8.63. The lowest BCUT2D eigenvalue weighted by Crippen LogP contribution is -2.16. The number of carbonyl (C=O) groups is 2. The molecule has 0 saturated heterocycles. The highest BCUT2D eigenvalue weighted by Crippen LogP contribution is 2.37. The molecular weight excluding hydrogens is 480 g/mol. The van der Waals surface area contributed by atoms with E-state index in [1.165, 1.54) is 43.1 Å². The molecule has 1 fully saturated rings. The number of anilines is 1. The SMILES string of the molecule is CCn1c(SCC(=O)Nc2scc(-c3ccc(Cl)cc3)c2C(=O)OC)nnc1C1CCCC1. The Morgan fingerprint density at radius 1 is 1.24 bits per heavy atom. The summed E-state index contributed by atoms with van der Waals surface area (Å²) in [5.74, 6) is 0.925. The predicted octanol–water partition coefficient (Wildman–Crippen LogP) is 5.85. The highest BCUT2D eigenvalue weighted by molar-refractivity contribution is 7.99. The van der Waals surface area contributed by atoms with Gasteiger partial charge in [0.1, 0.15) is 16.4 Å². The lowest BCUT2D eigenvalue weighted by atomic mass is 10.0. The summed E-state index contributed by atoms with van der Waals surface area (Å²) in [6, 6.07) is 7.18. The van der Waals surface area contributed by atoms with E-state index >= 15 is 0 Å². The molecule has 1 amide bonds. The van der Waals surface area contributed by atoms with Crippen LogP contribution in [0.4, 0.5) is 5.00 Å². The van der Waals surface area contributed by atoms with Crippen molar-refractivity contribution in [2.24, 2.45) is 0 Å². The van der Waals surface area contributed by atoms with Crippen LogP contribution in [0.25, 0.3) is 11.1 Å². The average molecular weight is 505 g/mol. The Bertz CT molecular complexity index is 1140. The minimum Gasteiger partial charge on any atom is -0.465 e. The second kappa shape index (κ2) is 10.7. The van der Waals surface area contributed by atoms with Gasteiger partial charge in [0.25, 0.3) is 0 Å². The number of hydrogen-bond acceptors (Lipinski definition) is 7. The molecular formula is C23H25ClN4O3S2. The molecule has 4 rings (SSSR count). The summed E-state index contributed by atoms with van der Waals surface area (Å²) < 4.78 is 7.09. The number of carbonyl (C=O) groups excluding carboxylic acids is 2. The number of nitrogens with zero attached hydrogens (tertiary/aromatic N) is 3. The Kier molecular flexibility index (Phi) is 7.72. The number of aromatic nitrogens is 3. The molecule has 1 aromatic carbocycles. The summed E-state index contributed by atoms with van der Waals surface area (Å²) in [6.45, 7) is 2.84. The number of methoxy groups -OCH3 is 1. The quantitative estimate of drug-likeness (QED) is 0.305. The van der Waals surface area contributed by atoms with Crippen LogP contribution in [-0.4, -0.2) is 39.5 Å². The summed E-state index contributed by atoms with van der Waals surface area (Å²) in [5.41, 5.74) is 1.85. The zero-order chi connectivity index (χ0) is 23.4. The standard InChI is InChI=1S/C23H25ClN4O3S2/c1-3-28-20(15-6-4-5-7-15)26-27-23(28)33-13-18(29)25-21-19(22(30)31-2)17(12-32-21)14-8-10-16(24)11-9-14/h8-12,15H,3-7,13H2,1-2H3,(H,25,29). The van der Waals surface area contributed by atoms with Gasteiger partial charge in [-0.2, -0.15) is 0 Å². The maximum atomic E-state index is 12.7. The average Bonchev–Trinajstić information content (AvgIpc) is 3.57. The van der Waals surface area contributed by atoms with Crippen molar-refractivity contribution >= 4 is 51.6 Å². The third kappa shape index (κ3) is 5.26. The first-order valence-electron chi connectivity index (χ1n) is 10.8. The van der Waals surface area contributed by atoms with E-state index in [2.05, 4.69) is 27.0 Å². The molecule has 1 aliphatic carbocycles. The van der Waals surface area contributed by atoms with Gasteiger partial charge < -0.3 is 14.6 Å². The number of amides is 1. The number of thioether (sulfide) groups is 1. The fourth-order valence-corrected chi connectivity index (χ4v) is 5.99. The Morgan fingerprint density at radius 3 is 2.64 bits per heavy atom. The van der Waals surface area contributed by atoms with Gasteiger partial charge in [0.2, 0.25) is 5.91 Å². The lowest BCUT2D eigenvalue weighted by Gasteiger charge is -2.11. The van der Waals surface area contributed by atoms with Gasteiger partial charge in [-0.05, 0) is 37.5 Å². The first kappa shape index (κ1) is 23.8. The molecule has 7 nitrogen and oxygen atoms in total. The van der Waals surface area contributed by atoms with Gasteiger partial charge in [-0.15, -0.1) is 21.5 Å². The van der Waals surface area contributed by atoms with E-state index in [4.69, 9.17) is 16.3 Å². The predicted molar refractivity (Wildman–Crippen MR) is 132 cm³/mol. The van der Waals surface area contributed by atoms with Gasteiger partial charge in [0.05, 0.1) is 12.9 Å². The molecule has 10 heteroatoms. The second-order valence-electron chi connectivity index (χ2n) is 7.76. The van der Waals surface area contributed by atoms with Crippen molar-refractivity contribution in [1.29, 1.82) is 0 Å². The molecule has 1 saturated carbocycles. The van der Waals surface area contributed by atoms with E-state index in [-0.39, 0.29) is 11.7 Å². The molecule has 3 aromatic rings. The Balaban J connectivity index is 1.48. The monoisotopic (exact) mass is 504 g/mol. The fraction of sp³-hybridized carbons (Fsp3) is 0.391. The number of thiophene rings is 1. The van der Waals surface area contributed by atoms with E-state index in [1.807, 2.05) is 17.5 Å². The number of hydrogen-bond donors (Lipinski definition) is 1. The number of nitrogens with one attached hydrogen (secondary N) is 1. The van der Waals surface area contributed by atoms with Crippen LogP contribution in [0.3, 0.4) is 0 Å². The lowest BCUT2D eigenvalue weighted by molar-refractivity contribution is -0.113. The smallest absolute Gasteiger partial charge is 0.341 e. The minimum atomic E-state index is -0.504. The third-order valence-corrected chi connectivity index (χ3v) is 7.82. The van der Waals surface area contributed by atoms with Crippen molar-refractivity contribution in [3.8, 4) is 11.1 Å². The van der Waals surface area contributed by atoms with Crippen molar-refractivity contribution in [2.45, 2.75) is 50.2 Å². The summed E-state index contributed by atoms with van der Waals surface area (Å²) in [7, 11) is 1.33. The topological polar surface area (TPSA) is 86.1 Å². The molecule has 33 heavy (non-hydrogen) atoms. The zero-order valence-corrected chi connectivity index (χ0v) is 20.9. The summed E-state index contributed by atoms with van der Waals surface area (Å²) in [6.07, 6.45) is 4.75. The maximum Gasteiger partial charge on any atom is 0.341 e. The largest absolute Gasteiger partial charge is 0.465 e. The molecule has 0 atom stereocenters. The first-order chi connectivity index (χ1) is 16.0. The molecule has 174 valence electrons. The van der Waals surface area contributed by atoms with Crippen molar-refractivity contribution in [3.05, 3.63) is 46.1 Å². The molecule has 0 spiro atoms. The molecule has 0 bridgehead atoms. The van der Waals surface area contributed by atoms with Gasteiger partial charge in [-0.25, -0.2) is 4.79 Å². The highest BCUT2D eigenvalue weighted by atomic mass is 35.5. The van der Waals surface area contributed by atoms with E-state index < -0.39 is 5.97 Å². The molecule has 0 aliphatic heterocycles. The Morgan fingerprint density at radius 2 is 1.97 bits per heavy atom. The van der Waals surface area contributed by atoms with Crippen molar-refractivity contribution in [1.82, 2.24) is 14.8 Å². The number of rotatable bonds is 8. The molecule has 0 radical (unpaired) electrons. The summed E-state index contributed by atoms with van der Waals surface area (Å²) in [4.78, 5) is 25.3. The van der Waals surface area contributed by atoms with Crippen LogP contribution in [-0.2, 0) is 16.1 Å². The van der Waals surface area contributed by atoms with Crippen LogP contribution in [0.5, 0.6) is 0 Å². The molecule has 1 N–H and O–H groups in total. The molecule has 0 unspecified atom stereocenters. The van der Waals surface area contributed by atoms with E-state index in [9.17, 15) is 9.59 Å². The van der Waals surface area contributed by atoms with Crippen LogP contribution < -0.4 is 5.32 Å². The molecule has 1 aliphatic rings. The van der Waals surface area contributed by atoms with Crippen molar-refractivity contribution in [2.75, 3.05) is 18.2 Å². The second-order valence-corrected chi connectivity index (χ2v) is 10.0.